The number of thioether (sulfide) groups is 1. The number of phenolic OH excluding ortho intramolecular Hbond substituents is 1. The predicted octanol–water partition coefficient (Wildman–Crippen LogP) is 4.40. The Morgan fingerprint density at radius 3 is 2.50 bits per heavy atom. The number of halogens is 1. The summed E-state index contributed by atoms with van der Waals surface area (Å²) in [6.07, 6.45) is 1.62. The first-order valence-corrected chi connectivity index (χ1v) is 8.51. The minimum absolute atomic E-state index is 0.110. The van der Waals surface area contributed by atoms with Crippen LogP contribution in [0.5, 0.6) is 11.5 Å². The molecule has 122 valence electrons. The summed E-state index contributed by atoms with van der Waals surface area (Å²) < 4.78 is 5.60. The van der Waals surface area contributed by atoms with Crippen molar-refractivity contribution in [1.82, 2.24) is 0 Å². The summed E-state index contributed by atoms with van der Waals surface area (Å²) in [5.41, 5.74) is 1.20. The summed E-state index contributed by atoms with van der Waals surface area (Å²) in [6, 6.07) is 11.6. The van der Waals surface area contributed by atoms with Crippen LogP contribution in [0, 0.1) is 0 Å². The second-order valence-corrected chi connectivity index (χ2v) is 6.77. The van der Waals surface area contributed by atoms with Gasteiger partial charge in [0.15, 0.2) is 0 Å². The van der Waals surface area contributed by atoms with Crippen molar-refractivity contribution in [3.63, 3.8) is 0 Å². The number of hydrogen-bond acceptors (Lipinski definition) is 5. The lowest BCUT2D eigenvalue weighted by Crippen LogP contribution is -2.27. The molecule has 5 nitrogen and oxygen atoms in total. The van der Waals surface area contributed by atoms with Crippen LogP contribution in [-0.2, 0) is 4.79 Å². The molecular weight excluding hydrogens is 394 g/mol. The topological polar surface area (TPSA) is 66.8 Å². The first kappa shape index (κ1) is 16.6. The summed E-state index contributed by atoms with van der Waals surface area (Å²) >= 11 is 4.11. The van der Waals surface area contributed by atoms with E-state index in [0.29, 0.717) is 26.4 Å². The standard InChI is InChI=1S/C17H12BrNO4S/c1-23-12-5-3-11(4-6-12)19-16(21)15(24-17(19)22)9-10-2-7-14(20)13(18)8-10/h2-9,20H,1H3. The fourth-order valence-corrected chi connectivity index (χ4v) is 3.42. The van der Waals surface area contributed by atoms with E-state index in [1.165, 1.54) is 6.07 Å². The summed E-state index contributed by atoms with van der Waals surface area (Å²) in [5, 5.41) is 9.17. The first-order chi connectivity index (χ1) is 11.5. The van der Waals surface area contributed by atoms with Gasteiger partial charge in [0.05, 0.1) is 22.2 Å². The van der Waals surface area contributed by atoms with E-state index in [1.807, 2.05) is 0 Å². The van der Waals surface area contributed by atoms with Gasteiger partial charge in [0.2, 0.25) is 0 Å². The first-order valence-electron chi connectivity index (χ1n) is 6.90. The Bertz CT molecular complexity index is 848. The summed E-state index contributed by atoms with van der Waals surface area (Å²) in [7, 11) is 1.55. The highest BCUT2D eigenvalue weighted by atomic mass is 79.9. The van der Waals surface area contributed by atoms with Crippen LogP contribution in [0.1, 0.15) is 5.56 Å². The molecule has 1 fully saturated rings. The average molecular weight is 406 g/mol. The number of ether oxygens (including phenoxy) is 1. The van der Waals surface area contributed by atoms with Gasteiger partial charge in [-0.05, 0) is 75.7 Å². The van der Waals surface area contributed by atoms with Gasteiger partial charge in [0.25, 0.3) is 11.1 Å². The molecule has 2 aromatic carbocycles. The number of carbonyl (C=O) groups excluding carboxylic acids is 2. The van der Waals surface area contributed by atoms with Crippen LogP contribution in [0.2, 0.25) is 0 Å². The van der Waals surface area contributed by atoms with Crippen LogP contribution in [0.25, 0.3) is 6.08 Å². The molecule has 7 heteroatoms. The van der Waals surface area contributed by atoms with Crippen molar-refractivity contribution >= 4 is 50.6 Å². The molecule has 0 aromatic heterocycles. The Morgan fingerprint density at radius 1 is 1.17 bits per heavy atom. The Hall–Kier alpha value is -2.25. The fourth-order valence-electron chi connectivity index (χ4n) is 2.19. The van der Waals surface area contributed by atoms with Gasteiger partial charge >= 0.3 is 0 Å². The molecule has 1 aliphatic rings. The number of imide groups is 1. The van der Waals surface area contributed by atoms with E-state index >= 15 is 0 Å². The van der Waals surface area contributed by atoms with Crippen LogP contribution < -0.4 is 9.64 Å². The minimum atomic E-state index is -0.376. The van der Waals surface area contributed by atoms with Gasteiger partial charge < -0.3 is 9.84 Å². The summed E-state index contributed by atoms with van der Waals surface area (Å²) in [6.45, 7) is 0. The van der Waals surface area contributed by atoms with E-state index in [1.54, 1.807) is 49.6 Å². The molecule has 1 heterocycles. The third-order valence-corrected chi connectivity index (χ3v) is 4.90. The second-order valence-electron chi connectivity index (χ2n) is 4.93. The van der Waals surface area contributed by atoms with Gasteiger partial charge in [-0.15, -0.1) is 0 Å². The van der Waals surface area contributed by atoms with Gasteiger partial charge in [-0.25, -0.2) is 4.90 Å². The molecule has 0 saturated carbocycles. The van der Waals surface area contributed by atoms with Gasteiger partial charge in [0.1, 0.15) is 11.5 Å². The number of aromatic hydroxyl groups is 1. The third kappa shape index (κ3) is 3.18. The highest BCUT2D eigenvalue weighted by molar-refractivity contribution is 9.10. The number of anilines is 1. The summed E-state index contributed by atoms with van der Waals surface area (Å²) in [4.78, 5) is 26.2. The van der Waals surface area contributed by atoms with E-state index in [4.69, 9.17) is 4.74 Å². The Labute approximate surface area is 151 Å². The second kappa shape index (κ2) is 6.70. The SMILES string of the molecule is COc1ccc(N2C(=O)SC(=Cc3ccc(O)c(Br)c3)C2=O)cc1. The van der Waals surface area contributed by atoms with Crippen molar-refractivity contribution in [2.45, 2.75) is 0 Å². The maximum atomic E-state index is 12.6. The van der Waals surface area contributed by atoms with Crippen molar-refractivity contribution in [2.75, 3.05) is 12.0 Å². The highest BCUT2D eigenvalue weighted by Gasteiger charge is 2.36. The Morgan fingerprint density at radius 2 is 1.88 bits per heavy atom. The number of methoxy groups -OCH3 is 1. The maximum absolute atomic E-state index is 12.6. The van der Waals surface area contributed by atoms with Gasteiger partial charge in [-0.3, -0.25) is 9.59 Å². The molecule has 0 atom stereocenters. The number of rotatable bonds is 3. The van der Waals surface area contributed by atoms with Crippen LogP contribution in [0.15, 0.2) is 51.8 Å². The maximum Gasteiger partial charge on any atom is 0.298 e. The normalized spacial score (nSPS) is 16.1. The molecule has 0 radical (unpaired) electrons. The summed E-state index contributed by atoms with van der Waals surface area (Å²) in [5.74, 6) is 0.382. The lowest BCUT2D eigenvalue weighted by molar-refractivity contribution is -0.113. The van der Waals surface area contributed by atoms with Gasteiger partial charge in [-0.2, -0.15) is 0 Å². The zero-order valence-electron chi connectivity index (χ0n) is 12.5. The number of carbonyl (C=O) groups is 2. The number of benzene rings is 2. The average Bonchev–Trinajstić information content (AvgIpc) is 2.85. The van der Waals surface area contributed by atoms with Crippen LogP contribution in [0.4, 0.5) is 10.5 Å². The zero-order valence-corrected chi connectivity index (χ0v) is 14.9. The van der Waals surface area contributed by atoms with Crippen LogP contribution in [0.3, 0.4) is 0 Å². The fraction of sp³-hybridized carbons (Fsp3) is 0.0588. The molecule has 1 saturated heterocycles. The smallest absolute Gasteiger partial charge is 0.298 e. The van der Waals surface area contributed by atoms with Crippen molar-refractivity contribution in [3.8, 4) is 11.5 Å². The van der Waals surface area contributed by atoms with Crippen LogP contribution >= 0.6 is 27.7 Å². The van der Waals surface area contributed by atoms with Gasteiger partial charge in [-0.1, -0.05) is 6.07 Å². The number of nitrogens with zero attached hydrogens (tertiary/aromatic N) is 1. The third-order valence-electron chi connectivity index (χ3n) is 3.39. The Balaban J connectivity index is 1.90. The lowest BCUT2D eigenvalue weighted by Gasteiger charge is -2.12. The predicted molar refractivity (Wildman–Crippen MR) is 97.3 cm³/mol. The molecule has 1 aliphatic heterocycles. The van der Waals surface area contributed by atoms with E-state index in [0.717, 1.165) is 16.7 Å². The van der Waals surface area contributed by atoms with Crippen molar-refractivity contribution < 1.29 is 19.4 Å². The monoisotopic (exact) mass is 405 g/mol. The molecular formula is C17H12BrNO4S. The Kier molecular flexibility index (Phi) is 4.64. The molecule has 0 bridgehead atoms. The van der Waals surface area contributed by atoms with Crippen molar-refractivity contribution in [3.05, 3.63) is 57.4 Å². The van der Waals surface area contributed by atoms with E-state index in [2.05, 4.69) is 15.9 Å². The van der Waals surface area contributed by atoms with Crippen molar-refractivity contribution in [2.24, 2.45) is 0 Å². The molecule has 2 aromatic rings. The molecule has 24 heavy (non-hydrogen) atoms. The zero-order chi connectivity index (χ0) is 17.3. The molecule has 1 N–H and O–H groups in total. The lowest BCUT2D eigenvalue weighted by atomic mass is 10.2. The molecule has 0 unspecified atom stereocenters. The van der Waals surface area contributed by atoms with E-state index in [9.17, 15) is 14.7 Å². The van der Waals surface area contributed by atoms with Crippen LogP contribution in [-0.4, -0.2) is 23.4 Å². The molecule has 3 rings (SSSR count). The van der Waals surface area contributed by atoms with E-state index < -0.39 is 0 Å². The molecule has 2 amide bonds. The minimum Gasteiger partial charge on any atom is -0.507 e. The van der Waals surface area contributed by atoms with Crippen molar-refractivity contribution in [1.29, 1.82) is 0 Å². The number of amides is 2. The van der Waals surface area contributed by atoms with E-state index in [-0.39, 0.29) is 16.9 Å². The highest BCUT2D eigenvalue weighted by Crippen LogP contribution is 2.36. The quantitative estimate of drug-likeness (QED) is 0.766. The molecule has 0 spiro atoms. The largest absolute Gasteiger partial charge is 0.507 e. The van der Waals surface area contributed by atoms with Gasteiger partial charge in [0, 0.05) is 0 Å². The number of hydrogen-bond donors (Lipinski definition) is 1. The number of phenols is 1. The molecule has 0 aliphatic carbocycles.